The number of hydrogen-bond donors (Lipinski definition) is 1. The van der Waals surface area contributed by atoms with Gasteiger partial charge < -0.3 is 5.11 Å². The number of ketones is 1. The van der Waals surface area contributed by atoms with Gasteiger partial charge >= 0.3 is 5.97 Å². The van der Waals surface area contributed by atoms with Crippen LogP contribution >= 0.6 is 23.2 Å². The maximum atomic E-state index is 11.0. The Kier molecular flexibility index (Phi) is 4.00. The highest BCUT2D eigenvalue weighted by atomic mass is 35.5. The lowest BCUT2D eigenvalue weighted by molar-refractivity contribution is -0.139. The van der Waals surface area contributed by atoms with Crippen LogP contribution in [0, 0.1) is 5.92 Å². The van der Waals surface area contributed by atoms with E-state index in [4.69, 9.17) is 28.3 Å². The second-order valence-corrected chi connectivity index (χ2v) is 4.29. The topological polar surface area (TPSA) is 54.4 Å². The summed E-state index contributed by atoms with van der Waals surface area (Å²) in [6.45, 7) is 3.32. The van der Waals surface area contributed by atoms with Crippen LogP contribution in [0.5, 0.6) is 0 Å². The summed E-state index contributed by atoms with van der Waals surface area (Å²) in [6, 6.07) is 0. The van der Waals surface area contributed by atoms with Crippen molar-refractivity contribution in [3.8, 4) is 0 Å². The lowest BCUT2D eigenvalue weighted by Gasteiger charge is -2.13. The molecule has 1 N–H and O–H groups in total. The Hall–Kier alpha value is -0.280. The van der Waals surface area contributed by atoms with Gasteiger partial charge in [-0.2, -0.15) is 0 Å². The molecule has 0 unspecified atom stereocenters. The van der Waals surface area contributed by atoms with Gasteiger partial charge in [-0.3, -0.25) is 4.79 Å². The van der Waals surface area contributed by atoms with Crippen molar-refractivity contribution in [2.24, 2.45) is 5.92 Å². The van der Waals surface area contributed by atoms with Crippen molar-refractivity contribution in [3.05, 3.63) is 0 Å². The van der Waals surface area contributed by atoms with E-state index < -0.39 is 10.3 Å². The Labute approximate surface area is 80.7 Å². The first-order valence-electron chi connectivity index (χ1n) is 3.41. The fourth-order valence-corrected chi connectivity index (χ4v) is 0.762. The molecule has 0 aliphatic rings. The van der Waals surface area contributed by atoms with Gasteiger partial charge in [0.2, 0.25) is 4.33 Å². The van der Waals surface area contributed by atoms with Crippen LogP contribution in [0.3, 0.4) is 0 Å². The largest absolute Gasteiger partial charge is 0.479 e. The van der Waals surface area contributed by atoms with Crippen molar-refractivity contribution in [3.63, 3.8) is 0 Å². The zero-order valence-electron chi connectivity index (χ0n) is 6.80. The molecule has 0 saturated carbocycles. The number of rotatable bonds is 4. The van der Waals surface area contributed by atoms with Crippen LogP contribution in [0.2, 0.25) is 0 Å². The van der Waals surface area contributed by atoms with Crippen LogP contribution in [0.15, 0.2) is 0 Å². The summed E-state index contributed by atoms with van der Waals surface area (Å²) in [4.78, 5) is 21.4. The molecule has 70 valence electrons. The van der Waals surface area contributed by atoms with Gasteiger partial charge in [0.05, 0.1) is 6.42 Å². The van der Waals surface area contributed by atoms with Gasteiger partial charge in [-0.15, -0.1) is 0 Å². The van der Waals surface area contributed by atoms with E-state index in [1.165, 1.54) is 0 Å². The van der Waals surface area contributed by atoms with E-state index in [0.29, 0.717) is 0 Å². The summed E-state index contributed by atoms with van der Waals surface area (Å²) in [5.74, 6) is -1.90. The highest BCUT2D eigenvalue weighted by Gasteiger charge is 2.36. The molecular formula is C7H10Cl2O3. The average molecular weight is 213 g/mol. The summed E-state index contributed by atoms with van der Waals surface area (Å²) in [5.41, 5.74) is 0. The standard InChI is InChI=1S/C7H10Cl2O3/c1-4(2)5(10)3-7(8,9)6(11)12/h4H,3H2,1-2H3,(H,11,12). The first kappa shape index (κ1) is 11.7. The molecule has 0 amide bonds. The lowest BCUT2D eigenvalue weighted by atomic mass is 10.0. The van der Waals surface area contributed by atoms with Crippen molar-refractivity contribution in [1.29, 1.82) is 0 Å². The lowest BCUT2D eigenvalue weighted by Crippen LogP contribution is -2.30. The Bertz CT molecular complexity index is 199. The molecule has 0 bridgehead atoms. The van der Waals surface area contributed by atoms with Crippen LogP contribution in [0.1, 0.15) is 20.3 Å². The number of carbonyl (C=O) groups is 2. The van der Waals surface area contributed by atoms with E-state index in [1.54, 1.807) is 13.8 Å². The van der Waals surface area contributed by atoms with E-state index >= 15 is 0 Å². The van der Waals surface area contributed by atoms with Gasteiger partial charge in [0, 0.05) is 5.92 Å². The van der Waals surface area contributed by atoms with Gasteiger partial charge in [-0.05, 0) is 0 Å². The first-order valence-corrected chi connectivity index (χ1v) is 4.17. The van der Waals surface area contributed by atoms with Crippen molar-refractivity contribution >= 4 is 35.0 Å². The third kappa shape index (κ3) is 3.41. The van der Waals surface area contributed by atoms with Crippen molar-refractivity contribution in [1.82, 2.24) is 0 Å². The number of aliphatic carboxylic acids is 1. The number of hydrogen-bond acceptors (Lipinski definition) is 2. The van der Waals surface area contributed by atoms with Crippen LogP contribution in [0.25, 0.3) is 0 Å². The molecule has 0 atom stereocenters. The van der Waals surface area contributed by atoms with E-state index in [1.807, 2.05) is 0 Å². The van der Waals surface area contributed by atoms with Crippen LogP contribution < -0.4 is 0 Å². The fourth-order valence-electron chi connectivity index (χ4n) is 0.499. The van der Waals surface area contributed by atoms with Crippen LogP contribution in [0.4, 0.5) is 0 Å². The quantitative estimate of drug-likeness (QED) is 0.725. The van der Waals surface area contributed by atoms with Gasteiger partial charge in [-0.1, -0.05) is 37.0 Å². The molecule has 0 heterocycles. The third-order valence-corrected chi connectivity index (χ3v) is 1.94. The van der Waals surface area contributed by atoms with E-state index in [-0.39, 0.29) is 18.1 Å². The first-order chi connectivity index (χ1) is 5.27. The normalized spacial score (nSPS) is 11.8. The summed E-state index contributed by atoms with van der Waals surface area (Å²) in [7, 11) is 0. The Balaban J connectivity index is 4.25. The SMILES string of the molecule is CC(C)C(=O)CC(Cl)(Cl)C(=O)O. The number of alkyl halides is 2. The molecule has 0 aromatic rings. The predicted molar refractivity (Wildman–Crippen MR) is 46.5 cm³/mol. The minimum absolute atomic E-state index is 0.249. The smallest absolute Gasteiger partial charge is 0.340 e. The van der Waals surface area contributed by atoms with Crippen molar-refractivity contribution in [2.45, 2.75) is 24.6 Å². The molecule has 0 radical (unpaired) electrons. The Morgan fingerprint density at radius 2 is 1.83 bits per heavy atom. The molecule has 0 fully saturated rings. The number of halogens is 2. The summed E-state index contributed by atoms with van der Waals surface area (Å²) < 4.78 is -1.98. The Morgan fingerprint density at radius 3 is 2.08 bits per heavy atom. The van der Waals surface area contributed by atoms with Gasteiger partial charge in [-0.25, -0.2) is 4.79 Å². The average Bonchev–Trinajstić information content (AvgIpc) is 1.85. The molecule has 3 nitrogen and oxygen atoms in total. The Morgan fingerprint density at radius 1 is 1.42 bits per heavy atom. The van der Waals surface area contributed by atoms with Crippen molar-refractivity contribution < 1.29 is 14.7 Å². The molecule has 0 spiro atoms. The zero-order valence-corrected chi connectivity index (χ0v) is 8.32. The van der Waals surface area contributed by atoms with Crippen LogP contribution in [-0.4, -0.2) is 21.2 Å². The highest BCUT2D eigenvalue weighted by Crippen LogP contribution is 2.27. The van der Waals surface area contributed by atoms with Crippen molar-refractivity contribution in [2.75, 3.05) is 0 Å². The molecular weight excluding hydrogens is 203 g/mol. The molecule has 0 aromatic heterocycles. The number of carboxylic acid groups (broad SMARTS) is 1. The summed E-state index contributed by atoms with van der Waals surface area (Å²) in [5, 5.41) is 8.46. The third-order valence-electron chi connectivity index (χ3n) is 1.35. The predicted octanol–water partition coefficient (Wildman–Crippen LogP) is 1.86. The molecule has 5 heteroatoms. The van der Waals surface area contributed by atoms with Gasteiger partial charge in [0.1, 0.15) is 5.78 Å². The molecule has 0 aliphatic heterocycles. The van der Waals surface area contributed by atoms with Crippen LogP contribution in [-0.2, 0) is 9.59 Å². The summed E-state index contributed by atoms with van der Waals surface area (Å²) >= 11 is 10.7. The van der Waals surface area contributed by atoms with E-state index in [2.05, 4.69) is 0 Å². The van der Waals surface area contributed by atoms with E-state index in [0.717, 1.165) is 0 Å². The molecule has 0 aromatic carbocycles. The van der Waals surface area contributed by atoms with E-state index in [9.17, 15) is 9.59 Å². The van der Waals surface area contributed by atoms with Gasteiger partial charge in [0.15, 0.2) is 0 Å². The maximum Gasteiger partial charge on any atom is 0.340 e. The zero-order chi connectivity index (χ0) is 9.94. The van der Waals surface area contributed by atoms with Gasteiger partial charge in [0.25, 0.3) is 0 Å². The number of carbonyl (C=O) groups excluding carboxylic acids is 1. The minimum Gasteiger partial charge on any atom is -0.479 e. The fraction of sp³-hybridized carbons (Fsp3) is 0.714. The summed E-state index contributed by atoms with van der Waals surface area (Å²) in [6.07, 6.45) is -0.358. The molecule has 0 saturated heterocycles. The molecule has 0 aliphatic carbocycles. The number of carboxylic acids is 1. The molecule has 12 heavy (non-hydrogen) atoms. The molecule has 0 rings (SSSR count). The monoisotopic (exact) mass is 212 g/mol. The second kappa shape index (κ2) is 4.10. The number of Topliss-reactive ketones (excluding diaryl/α,β-unsaturated/α-hetero) is 1. The minimum atomic E-state index is -1.98. The highest BCUT2D eigenvalue weighted by molar-refractivity contribution is 6.58. The maximum absolute atomic E-state index is 11.0. The second-order valence-electron chi connectivity index (χ2n) is 2.81.